The van der Waals surface area contributed by atoms with E-state index < -0.39 is 11.6 Å². The molecule has 0 heterocycles. The molecule has 0 aliphatic rings. The molecule has 2 N–H and O–H groups in total. The standard InChI is InChI=1S/C15H24F2N2/c1-15(2,3)19-9-4-8-18-10-7-12-5-6-13(16)14(17)11-12/h5-6,11,18-19H,4,7-10H2,1-3H3. The molecule has 0 atom stereocenters. The van der Waals surface area contributed by atoms with Gasteiger partial charge < -0.3 is 10.6 Å². The molecule has 0 saturated heterocycles. The summed E-state index contributed by atoms with van der Waals surface area (Å²) in [5.74, 6) is -1.56. The minimum Gasteiger partial charge on any atom is -0.316 e. The van der Waals surface area contributed by atoms with Gasteiger partial charge in [0.25, 0.3) is 0 Å². The summed E-state index contributed by atoms with van der Waals surface area (Å²) in [4.78, 5) is 0. The average Bonchev–Trinajstić information content (AvgIpc) is 2.31. The fourth-order valence-corrected chi connectivity index (χ4v) is 1.73. The van der Waals surface area contributed by atoms with Crippen LogP contribution in [-0.4, -0.2) is 25.2 Å². The van der Waals surface area contributed by atoms with Gasteiger partial charge in [-0.15, -0.1) is 0 Å². The Morgan fingerprint density at radius 1 is 1.00 bits per heavy atom. The maximum Gasteiger partial charge on any atom is 0.159 e. The molecule has 19 heavy (non-hydrogen) atoms. The maximum absolute atomic E-state index is 13.0. The predicted molar refractivity (Wildman–Crippen MR) is 75.3 cm³/mol. The van der Waals surface area contributed by atoms with E-state index in [1.165, 1.54) is 12.1 Å². The van der Waals surface area contributed by atoms with Crippen LogP contribution in [0.4, 0.5) is 8.78 Å². The third-order valence-electron chi connectivity index (χ3n) is 2.76. The zero-order valence-corrected chi connectivity index (χ0v) is 12.0. The summed E-state index contributed by atoms with van der Waals surface area (Å²) in [6.07, 6.45) is 1.76. The van der Waals surface area contributed by atoms with E-state index >= 15 is 0 Å². The van der Waals surface area contributed by atoms with Crippen molar-refractivity contribution in [3.8, 4) is 0 Å². The second kappa shape index (κ2) is 7.56. The summed E-state index contributed by atoms with van der Waals surface area (Å²) < 4.78 is 25.7. The van der Waals surface area contributed by atoms with Crippen LogP contribution in [0.2, 0.25) is 0 Å². The highest BCUT2D eigenvalue weighted by atomic mass is 19.2. The van der Waals surface area contributed by atoms with E-state index in [4.69, 9.17) is 0 Å². The van der Waals surface area contributed by atoms with Crippen molar-refractivity contribution in [2.45, 2.75) is 39.2 Å². The molecular weight excluding hydrogens is 246 g/mol. The van der Waals surface area contributed by atoms with Crippen LogP contribution in [0.5, 0.6) is 0 Å². The van der Waals surface area contributed by atoms with E-state index in [-0.39, 0.29) is 5.54 Å². The third kappa shape index (κ3) is 7.23. The molecule has 0 aliphatic heterocycles. The van der Waals surface area contributed by atoms with Crippen molar-refractivity contribution in [3.05, 3.63) is 35.4 Å². The van der Waals surface area contributed by atoms with Gasteiger partial charge in [-0.05, 0) is 70.9 Å². The highest BCUT2D eigenvalue weighted by molar-refractivity contribution is 5.17. The van der Waals surface area contributed by atoms with Gasteiger partial charge >= 0.3 is 0 Å². The number of hydrogen-bond donors (Lipinski definition) is 2. The van der Waals surface area contributed by atoms with Crippen molar-refractivity contribution in [2.24, 2.45) is 0 Å². The highest BCUT2D eigenvalue weighted by Crippen LogP contribution is 2.08. The molecule has 1 aromatic carbocycles. The normalized spacial score (nSPS) is 11.8. The van der Waals surface area contributed by atoms with E-state index in [1.54, 1.807) is 6.07 Å². The average molecular weight is 270 g/mol. The fraction of sp³-hybridized carbons (Fsp3) is 0.600. The van der Waals surface area contributed by atoms with Crippen LogP contribution >= 0.6 is 0 Å². The van der Waals surface area contributed by atoms with Crippen LogP contribution in [0.1, 0.15) is 32.8 Å². The molecule has 0 aromatic heterocycles. The molecule has 0 radical (unpaired) electrons. The summed E-state index contributed by atoms with van der Waals surface area (Å²) >= 11 is 0. The van der Waals surface area contributed by atoms with Gasteiger partial charge in [-0.2, -0.15) is 0 Å². The van der Waals surface area contributed by atoms with Crippen molar-refractivity contribution in [2.75, 3.05) is 19.6 Å². The molecule has 0 saturated carbocycles. The molecule has 108 valence electrons. The van der Waals surface area contributed by atoms with Crippen molar-refractivity contribution < 1.29 is 8.78 Å². The van der Waals surface area contributed by atoms with Gasteiger partial charge in [0.05, 0.1) is 0 Å². The number of hydrogen-bond acceptors (Lipinski definition) is 2. The second-order valence-electron chi connectivity index (χ2n) is 5.78. The van der Waals surface area contributed by atoms with Gasteiger partial charge in [-0.25, -0.2) is 8.78 Å². The van der Waals surface area contributed by atoms with Gasteiger partial charge in [-0.3, -0.25) is 0 Å². The van der Waals surface area contributed by atoms with Gasteiger partial charge in [0, 0.05) is 5.54 Å². The minimum absolute atomic E-state index is 0.158. The molecular formula is C15H24F2N2. The quantitative estimate of drug-likeness (QED) is 0.744. The molecule has 0 bridgehead atoms. The molecule has 0 spiro atoms. The van der Waals surface area contributed by atoms with Gasteiger partial charge in [0.1, 0.15) is 0 Å². The van der Waals surface area contributed by atoms with Crippen LogP contribution in [0.25, 0.3) is 0 Å². The zero-order chi connectivity index (χ0) is 14.3. The SMILES string of the molecule is CC(C)(C)NCCCNCCc1ccc(F)c(F)c1. The molecule has 0 unspecified atom stereocenters. The number of nitrogens with one attached hydrogen (secondary N) is 2. The first-order valence-electron chi connectivity index (χ1n) is 6.78. The second-order valence-corrected chi connectivity index (χ2v) is 5.78. The van der Waals surface area contributed by atoms with Crippen LogP contribution in [0, 0.1) is 11.6 Å². The first-order valence-corrected chi connectivity index (χ1v) is 6.78. The summed E-state index contributed by atoms with van der Waals surface area (Å²) in [5, 5.41) is 6.71. The summed E-state index contributed by atoms with van der Waals surface area (Å²) in [7, 11) is 0. The molecule has 0 fully saturated rings. The first kappa shape index (κ1) is 16.1. The zero-order valence-electron chi connectivity index (χ0n) is 12.0. The Bertz CT molecular complexity index is 386. The molecule has 4 heteroatoms. The van der Waals surface area contributed by atoms with Crippen molar-refractivity contribution in [1.82, 2.24) is 10.6 Å². The molecule has 1 aromatic rings. The van der Waals surface area contributed by atoms with Gasteiger partial charge in [0.15, 0.2) is 11.6 Å². The Hall–Kier alpha value is -1.00. The Morgan fingerprint density at radius 2 is 1.74 bits per heavy atom. The summed E-state index contributed by atoms with van der Waals surface area (Å²) in [5.41, 5.74) is 0.977. The fourth-order valence-electron chi connectivity index (χ4n) is 1.73. The number of rotatable bonds is 7. The van der Waals surface area contributed by atoms with E-state index in [0.29, 0.717) is 6.42 Å². The van der Waals surface area contributed by atoms with Crippen LogP contribution in [0.3, 0.4) is 0 Å². The van der Waals surface area contributed by atoms with Crippen LogP contribution in [-0.2, 0) is 6.42 Å². The Kier molecular flexibility index (Phi) is 6.38. The molecule has 0 amide bonds. The summed E-state index contributed by atoms with van der Waals surface area (Å²) in [6.45, 7) is 9.10. The van der Waals surface area contributed by atoms with E-state index in [0.717, 1.165) is 31.6 Å². The Balaban J connectivity index is 2.09. The van der Waals surface area contributed by atoms with Gasteiger partial charge in [0.2, 0.25) is 0 Å². The van der Waals surface area contributed by atoms with Gasteiger partial charge in [-0.1, -0.05) is 6.07 Å². The lowest BCUT2D eigenvalue weighted by Crippen LogP contribution is -2.37. The van der Waals surface area contributed by atoms with Crippen molar-refractivity contribution in [1.29, 1.82) is 0 Å². The van der Waals surface area contributed by atoms with E-state index in [9.17, 15) is 8.78 Å². The lowest BCUT2D eigenvalue weighted by Gasteiger charge is -2.20. The predicted octanol–water partition coefficient (Wildman–Crippen LogP) is 2.88. The number of halogens is 2. The van der Waals surface area contributed by atoms with Crippen LogP contribution < -0.4 is 10.6 Å². The molecule has 1 rings (SSSR count). The van der Waals surface area contributed by atoms with Crippen molar-refractivity contribution in [3.63, 3.8) is 0 Å². The third-order valence-corrected chi connectivity index (χ3v) is 2.76. The summed E-state index contributed by atoms with van der Waals surface area (Å²) in [6, 6.07) is 4.07. The maximum atomic E-state index is 13.0. The molecule has 2 nitrogen and oxygen atoms in total. The number of benzene rings is 1. The largest absolute Gasteiger partial charge is 0.316 e. The monoisotopic (exact) mass is 270 g/mol. The molecule has 0 aliphatic carbocycles. The smallest absolute Gasteiger partial charge is 0.159 e. The van der Waals surface area contributed by atoms with E-state index in [2.05, 4.69) is 31.4 Å². The Labute approximate surface area is 114 Å². The topological polar surface area (TPSA) is 24.1 Å². The Morgan fingerprint density at radius 3 is 2.37 bits per heavy atom. The lowest BCUT2D eigenvalue weighted by molar-refractivity contribution is 0.419. The van der Waals surface area contributed by atoms with Crippen LogP contribution in [0.15, 0.2) is 18.2 Å². The van der Waals surface area contributed by atoms with E-state index in [1.807, 2.05) is 0 Å². The first-order chi connectivity index (χ1) is 8.88. The minimum atomic E-state index is -0.787. The van der Waals surface area contributed by atoms with Crippen molar-refractivity contribution >= 4 is 0 Å². The highest BCUT2D eigenvalue weighted by Gasteiger charge is 2.06. The lowest BCUT2D eigenvalue weighted by atomic mass is 10.1.